The molecular weight excluding hydrogens is 230 g/mol. The summed E-state index contributed by atoms with van der Waals surface area (Å²) in [7, 11) is 0. The molecule has 2 heterocycles. The van der Waals surface area contributed by atoms with Gasteiger partial charge in [0, 0.05) is 32.6 Å². The van der Waals surface area contributed by atoms with Crippen LogP contribution in [0, 0.1) is 5.92 Å². The fourth-order valence-corrected chi connectivity index (χ4v) is 2.90. The molecule has 2 amide bonds. The van der Waals surface area contributed by atoms with Crippen molar-refractivity contribution < 1.29 is 9.59 Å². The number of carbonyl (C=O) groups excluding carboxylic acids is 2. The molecule has 2 atom stereocenters. The van der Waals surface area contributed by atoms with Crippen molar-refractivity contribution in [2.75, 3.05) is 26.2 Å². The second-order valence-corrected chi connectivity index (χ2v) is 5.37. The molecule has 18 heavy (non-hydrogen) atoms. The van der Waals surface area contributed by atoms with Crippen LogP contribution in [0.15, 0.2) is 0 Å². The molecule has 2 N–H and O–H groups in total. The van der Waals surface area contributed by atoms with Gasteiger partial charge in [-0.1, -0.05) is 0 Å². The minimum absolute atomic E-state index is 0.00590. The molecule has 5 nitrogen and oxygen atoms in total. The summed E-state index contributed by atoms with van der Waals surface area (Å²) in [5.41, 5.74) is 0. The van der Waals surface area contributed by atoms with Gasteiger partial charge in [-0.15, -0.1) is 0 Å². The highest BCUT2D eigenvalue weighted by Gasteiger charge is 2.29. The Morgan fingerprint density at radius 1 is 1.28 bits per heavy atom. The van der Waals surface area contributed by atoms with Gasteiger partial charge in [-0.2, -0.15) is 0 Å². The van der Waals surface area contributed by atoms with Crippen LogP contribution in [0.5, 0.6) is 0 Å². The average molecular weight is 253 g/mol. The Balaban J connectivity index is 1.87. The van der Waals surface area contributed by atoms with Crippen LogP contribution < -0.4 is 10.6 Å². The summed E-state index contributed by atoms with van der Waals surface area (Å²) in [5.74, 6) is 0.390. The standard InChI is InChI=1S/C13H23N3O2/c1-10(17)15-12-5-3-7-16(9-12)13(18)11-4-2-6-14-8-11/h11-12,14H,2-9H2,1H3,(H,15,17)/t11-,12+/m1/s1. The summed E-state index contributed by atoms with van der Waals surface area (Å²) >= 11 is 0. The van der Waals surface area contributed by atoms with Crippen LogP contribution in [0.2, 0.25) is 0 Å². The Hall–Kier alpha value is -1.10. The molecule has 2 fully saturated rings. The number of hydrogen-bond donors (Lipinski definition) is 2. The maximum absolute atomic E-state index is 12.4. The summed E-state index contributed by atoms with van der Waals surface area (Å²) < 4.78 is 0. The van der Waals surface area contributed by atoms with E-state index in [1.807, 2.05) is 4.90 Å². The summed E-state index contributed by atoms with van der Waals surface area (Å²) in [5, 5.41) is 6.20. The van der Waals surface area contributed by atoms with Crippen molar-refractivity contribution in [3.05, 3.63) is 0 Å². The molecule has 0 aliphatic carbocycles. The fourth-order valence-electron chi connectivity index (χ4n) is 2.90. The lowest BCUT2D eigenvalue weighted by atomic mass is 9.96. The molecule has 0 bridgehead atoms. The smallest absolute Gasteiger partial charge is 0.227 e. The zero-order chi connectivity index (χ0) is 13.0. The normalized spacial score (nSPS) is 28.8. The molecule has 0 unspecified atom stereocenters. The van der Waals surface area contributed by atoms with Crippen LogP contribution in [0.3, 0.4) is 0 Å². The predicted molar refractivity (Wildman–Crippen MR) is 69.0 cm³/mol. The van der Waals surface area contributed by atoms with Crippen LogP contribution in [0.1, 0.15) is 32.6 Å². The summed E-state index contributed by atoms with van der Waals surface area (Å²) in [6, 6.07) is 0.136. The van der Waals surface area contributed by atoms with E-state index in [1.54, 1.807) is 0 Å². The molecule has 0 aromatic carbocycles. The van der Waals surface area contributed by atoms with Crippen LogP contribution in [0.4, 0.5) is 0 Å². The Labute approximate surface area is 108 Å². The average Bonchev–Trinajstić information content (AvgIpc) is 2.38. The Morgan fingerprint density at radius 3 is 2.78 bits per heavy atom. The van der Waals surface area contributed by atoms with Crippen molar-refractivity contribution >= 4 is 11.8 Å². The van der Waals surface area contributed by atoms with Crippen LogP contribution >= 0.6 is 0 Å². The van der Waals surface area contributed by atoms with Gasteiger partial charge >= 0.3 is 0 Å². The van der Waals surface area contributed by atoms with E-state index in [1.165, 1.54) is 6.92 Å². The monoisotopic (exact) mass is 253 g/mol. The zero-order valence-electron chi connectivity index (χ0n) is 11.1. The van der Waals surface area contributed by atoms with Gasteiger partial charge in [-0.25, -0.2) is 0 Å². The summed E-state index contributed by atoms with van der Waals surface area (Å²) in [6.45, 7) is 4.88. The van der Waals surface area contributed by atoms with Gasteiger partial charge < -0.3 is 15.5 Å². The maximum Gasteiger partial charge on any atom is 0.227 e. The van der Waals surface area contributed by atoms with Crippen LogP contribution in [0.25, 0.3) is 0 Å². The first-order valence-corrected chi connectivity index (χ1v) is 6.93. The first-order chi connectivity index (χ1) is 8.66. The van der Waals surface area contributed by atoms with E-state index in [0.29, 0.717) is 6.54 Å². The SMILES string of the molecule is CC(=O)N[C@H]1CCCN(C(=O)[C@@H]2CCCNC2)C1. The molecule has 0 aromatic rings. The lowest BCUT2D eigenvalue weighted by Crippen LogP contribution is -2.52. The highest BCUT2D eigenvalue weighted by atomic mass is 16.2. The second-order valence-electron chi connectivity index (χ2n) is 5.37. The van der Waals surface area contributed by atoms with Crippen LogP contribution in [-0.2, 0) is 9.59 Å². The molecule has 2 aliphatic heterocycles. The second kappa shape index (κ2) is 6.18. The van der Waals surface area contributed by atoms with Crippen molar-refractivity contribution in [3.63, 3.8) is 0 Å². The number of likely N-dealkylation sites (tertiary alicyclic amines) is 1. The number of amides is 2. The third-order valence-corrected chi connectivity index (χ3v) is 3.79. The molecular formula is C13H23N3O2. The van der Waals surface area contributed by atoms with Crippen molar-refractivity contribution in [1.82, 2.24) is 15.5 Å². The van der Waals surface area contributed by atoms with Crippen LogP contribution in [-0.4, -0.2) is 48.9 Å². The first kappa shape index (κ1) is 13.3. The Bertz CT molecular complexity index is 313. The highest BCUT2D eigenvalue weighted by molar-refractivity contribution is 5.79. The molecule has 0 saturated carbocycles. The number of nitrogens with one attached hydrogen (secondary N) is 2. The van der Waals surface area contributed by atoms with E-state index in [9.17, 15) is 9.59 Å². The number of nitrogens with zero attached hydrogens (tertiary/aromatic N) is 1. The quantitative estimate of drug-likeness (QED) is 0.734. The number of rotatable bonds is 2. The zero-order valence-corrected chi connectivity index (χ0v) is 11.1. The fraction of sp³-hybridized carbons (Fsp3) is 0.846. The third kappa shape index (κ3) is 3.45. The Kier molecular flexibility index (Phi) is 4.58. The summed E-state index contributed by atoms with van der Waals surface area (Å²) in [6.07, 6.45) is 4.04. The molecule has 102 valence electrons. The van der Waals surface area contributed by atoms with Gasteiger partial charge in [0.25, 0.3) is 0 Å². The Morgan fingerprint density at radius 2 is 2.11 bits per heavy atom. The molecule has 0 aromatic heterocycles. The van der Waals surface area contributed by atoms with Gasteiger partial charge in [-0.05, 0) is 32.2 Å². The number of hydrogen-bond acceptors (Lipinski definition) is 3. The van der Waals surface area contributed by atoms with Gasteiger partial charge in [0.15, 0.2) is 0 Å². The van der Waals surface area contributed by atoms with E-state index in [-0.39, 0.29) is 23.8 Å². The highest BCUT2D eigenvalue weighted by Crippen LogP contribution is 2.17. The van der Waals surface area contributed by atoms with Crippen molar-refractivity contribution in [1.29, 1.82) is 0 Å². The first-order valence-electron chi connectivity index (χ1n) is 6.93. The van der Waals surface area contributed by atoms with Gasteiger partial charge in [0.1, 0.15) is 0 Å². The van der Waals surface area contributed by atoms with Crippen molar-refractivity contribution in [2.24, 2.45) is 5.92 Å². The molecule has 2 saturated heterocycles. The molecule has 0 radical (unpaired) electrons. The largest absolute Gasteiger partial charge is 0.352 e. The maximum atomic E-state index is 12.4. The van der Waals surface area contributed by atoms with Crippen molar-refractivity contribution in [3.8, 4) is 0 Å². The molecule has 2 rings (SSSR count). The summed E-state index contributed by atoms with van der Waals surface area (Å²) in [4.78, 5) is 25.4. The number of piperidine rings is 2. The topological polar surface area (TPSA) is 61.4 Å². The lowest BCUT2D eigenvalue weighted by Gasteiger charge is -2.36. The van der Waals surface area contributed by atoms with Crippen molar-refractivity contribution in [2.45, 2.75) is 38.6 Å². The van der Waals surface area contributed by atoms with Gasteiger partial charge in [0.2, 0.25) is 11.8 Å². The molecule has 5 heteroatoms. The van der Waals surface area contributed by atoms with Gasteiger partial charge in [-0.3, -0.25) is 9.59 Å². The van der Waals surface area contributed by atoms with E-state index in [4.69, 9.17) is 0 Å². The minimum Gasteiger partial charge on any atom is -0.352 e. The van der Waals surface area contributed by atoms with Gasteiger partial charge in [0.05, 0.1) is 5.92 Å². The van der Waals surface area contributed by atoms with E-state index in [2.05, 4.69) is 10.6 Å². The number of carbonyl (C=O) groups is 2. The minimum atomic E-state index is -0.00590. The van der Waals surface area contributed by atoms with E-state index < -0.39 is 0 Å². The molecule has 0 spiro atoms. The van der Waals surface area contributed by atoms with E-state index >= 15 is 0 Å². The lowest BCUT2D eigenvalue weighted by molar-refractivity contribution is -0.138. The predicted octanol–water partition coefficient (Wildman–Crippen LogP) is 0.113. The third-order valence-electron chi connectivity index (χ3n) is 3.79. The van der Waals surface area contributed by atoms with E-state index in [0.717, 1.165) is 45.3 Å². The molecule has 2 aliphatic rings.